The molecule has 0 N–H and O–H groups in total. The van der Waals surface area contributed by atoms with Gasteiger partial charge in [-0.3, -0.25) is 4.79 Å². The molecule has 0 bridgehead atoms. The lowest BCUT2D eigenvalue weighted by Gasteiger charge is -2.28. The van der Waals surface area contributed by atoms with Crippen molar-refractivity contribution in [1.29, 1.82) is 0 Å². The Hall–Kier alpha value is -2.88. The smallest absolute Gasteiger partial charge is 0.276 e. The van der Waals surface area contributed by atoms with E-state index in [1.165, 1.54) is 17.5 Å². The molecule has 0 saturated heterocycles. The lowest BCUT2D eigenvalue weighted by molar-refractivity contribution is 0.0729. The first-order chi connectivity index (χ1) is 11.3. The summed E-state index contributed by atoms with van der Waals surface area (Å²) in [6, 6.07) is 17.9. The van der Waals surface area contributed by atoms with E-state index in [4.69, 9.17) is 4.42 Å². The second kappa shape index (κ2) is 5.72. The first-order valence-electron chi connectivity index (χ1n) is 7.68. The third kappa shape index (κ3) is 2.52. The lowest BCUT2D eigenvalue weighted by atomic mass is 9.99. The number of hydrogen-bond donors (Lipinski definition) is 0. The van der Waals surface area contributed by atoms with Gasteiger partial charge in [-0.2, -0.15) is 0 Å². The zero-order chi connectivity index (χ0) is 15.6. The molecule has 0 radical (unpaired) electrons. The summed E-state index contributed by atoms with van der Waals surface area (Å²) < 4.78 is 5.47. The van der Waals surface area contributed by atoms with Gasteiger partial charge in [-0.05, 0) is 17.5 Å². The largest absolute Gasteiger partial charge is 0.443 e. The Kier molecular flexibility index (Phi) is 3.42. The number of carbonyl (C=O) groups excluding carboxylic acids is 1. The van der Waals surface area contributed by atoms with Crippen LogP contribution >= 0.6 is 0 Å². The molecule has 0 atom stereocenters. The van der Waals surface area contributed by atoms with E-state index in [0.29, 0.717) is 24.5 Å². The van der Waals surface area contributed by atoms with Crippen LogP contribution in [0, 0.1) is 0 Å². The van der Waals surface area contributed by atoms with E-state index in [-0.39, 0.29) is 5.91 Å². The van der Waals surface area contributed by atoms with Crippen molar-refractivity contribution in [2.45, 2.75) is 13.0 Å². The fourth-order valence-electron chi connectivity index (χ4n) is 3.01. The van der Waals surface area contributed by atoms with Crippen LogP contribution in [-0.2, 0) is 13.0 Å². The average Bonchev–Trinajstić information content (AvgIpc) is 3.11. The monoisotopic (exact) mass is 304 g/mol. The summed E-state index contributed by atoms with van der Waals surface area (Å²) in [6.07, 6.45) is 2.22. The molecule has 1 aliphatic rings. The number of fused-ring (bicyclic) bond motifs is 1. The van der Waals surface area contributed by atoms with Crippen LogP contribution in [0.1, 0.15) is 21.6 Å². The number of aromatic nitrogens is 1. The van der Waals surface area contributed by atoms with Gasteiger partial charge >= 0.3 is 0 Å². The maximum Gasteiger partial charge on any atom is 0.276 e. The van der Waals surface area contributed by atoms with Crippen molar-refractivity contribution in [2.75, 3.05) is 6.54 Å². The molecule has 4 heteroatoms. The standard InChI is InChI=1S/C19H16N2O2/c22-19(21-11-10-14-6-4-5-9-16(14)12-21)17-18(23-13-20-17)15-7-2-1-3-8-15/h1-9,13H,10-12H2. The highest BCUT2D eigenvalue weighted by atomic mass is 16.3. The van der Waals surface area contributed by atoms with Crippen LogP contribution in [0.2, 0.25) is 0 Å². The molecule has 3 aromatic rings. The van der Waals surface area contributed by atoms with Gasteiger partial charge in [0.15, 0.2) is 17.8 Å². The highest BCUT2D eigenvalue weighted by Crippen LogP contribution is 2.26. The lowest BCUT2D eigenvalue weighted by Crippen LogP contribution is -2.36. The van der Waals surface area contributed by atoms with Crippen LogP contribution in [0.4, 0.5) is 0 Å². The SMILES string of the molecule is O=C(c1ncoc1-c1ccccc1)N1CCc2ccccc2C1. The van der Waals surface area contributed by atoms with Crippen molar-refractivity contribution in [3.8, 4) is 11.3 Å². The van der Waals surface area contributed by atoms with E-state index in [1.807, 2.05) is 47.4 Å². The predicted octanol–water partition coefficient (Wildman–Crippen LogP) is 3.54. The molecule has 1 aromatic heterocycles. The van der Waals surface area contributed by atoms with Gasteiger partial charge in [0.1, 0.15) is 0 Å². The summed E-state index contributed by atoms with van der Waals surface area (Å²) in [5, 5.41) is 0. The summed E-state index contributed by atoms with van der Waals surface area (Å²) in [6.45, 7) is 1.33. The van der Waals surface area contributed by atoms with Crippen molar-refractivity contribution < 1.29 is 9.21 Å². The highest BCUT2D eigenvalue weighted by molar-refractivity contribution is 5.97. The topological polar surface area (TPSA) is 46.3 Å². The molecule has 0 fully saturated rings. The number of rotatable bonds is 2. The fourth-order valence-corrected chi connectivity index (χ4v) is 3.01. The minimum atomic E-state index is -0.0768. The van der Waals surface area contributed by atoms with E-state index in [1.54, 1.807) is 0 Å². The molecule has 0 aliphatic carbocycles. The molecule has 4 rings (SSSR count). The van der Waals surface area contributed by atoms with E-state index < -0.39 is 0 Å². The predicted molar refractivity (Wildman–Crippen MR) is 86.8 cm³/mol. The molecule has 2 heterocycles. The maximum absolute atomic E-state index is 12.9. The van der Waals surface area contributed by atoms with E-state index in [9.17, 15) is 4.79 Å². The molecule has 1 amide bonds. The number of oxazole rings is 1. The number of amides is 1. The van der Waals surface area contributed by atoms with Gasteiger partial charge in [0.2, 0.25) is 0 Å². The summed E-state index contributed by atoms with van der Waals surface area (Å²) >= 11 is 0. The van der Waals surface area contributed by atoms with Gasteiger partial charge in [0, 0.05) is 18.7 Å². The second-order valence-corrected chi connectivity index (χ2v) is 5.64. The number of nitrogens with zero attached hydrogens (tertiary/aromatic N) is 2. The van der Waals surface area contributed by atoms with Crippen LogP contribution in [0.3, 0.4) is 0 Å². The van der Waals surface area contributed by atoms with Crippen molar-refractivity contribution in [2.24, 2.45) is 0 Å². The second-order valence-electron chi connectivity index (χ2n) is 5.64. The van der Waals surface area contributed by atoms with Gasteiger partial charge in [-0.25, -0.2) is 4.98 Å². The highest BCUT2D eigenvalue weighted by Gasteiger charge is 2.26. The Morgan fingerprint density at radius 2 is 1.74 bits per heavy atom. The van der Waals surface area contributed by atoms with Gasteiger partial charge in [-0.1, -0.05) is 54.6 Å². The molecule has 0 saturated carbocycles. The van der Waals surface area contributed by atoms with Gasteiger partial charge in [0.05, 0.1) is 0 Å². The van der Waals surface area contributed by atoms with E-state index in [0.717, 1.165) is 12.0 Å². The number of hydrogen-bond acceptors (Lipinski definition) is 3. The zero-order valence-corrected chi connectivity index (χ0v) is 12.6. The molecular formula is C19H16N2O2. The Morgan fingerprint density at radius 3 is 2.57 bits per heavy atom. The first-order valence-corrected chi connectivity index (χ1v) is 7.68. The minimum absolute atomic E-state index is 0.0768. The maximum atomic E-state index is 12.9. The fraction of sp³-hybridized carbons (Fsp3) is 0.158. The van der Waals surface area contributed by atoms with Crippen LogP contribution in [0.15, 0.2) is 65.4 Å². The molecule has 0 unspecified atom stereocenters. The Labute approximate surface area is 134 Å². The third-order valence-electron chi connectivity index (χ3n) is 4.22. The summed E-state index contributed by atoms with van der Waals surface area (Å²) in [5.74, 6) is 0.460. The Balaban J connectivity index is 1.63. The van der Waals surface area contributed by atoms with Crippen molar-refractivity contribution in [3.63, 3.8) is 0 Å². The molecule has 4 nitrogen and oxygen atoms in total. The van der Waals surface area contributed by atoms with Crippen LogP contribution in [0.25, 0.3) is 11.3 Å². The summed E-state index contributed by atoms with van der Waals surface area (Å²) in [4.78, 5) is 18.9. The van der Waals surface area contributed by atoms with Gasteiger partial charge < -0.3 is 9.32 Å². The zero-order valence-electron chi connectivity index (χ0n) is 12.6. The van der Waals surface area contributed by atoms with Crippen molar-refractivity contribution >= 4 is 5.91 Å². The summed E-state index contributed by atoms with van der Waals surface area (Å²) in [7, 11) is 0. The number of benzene rings is 2. The molecule has 0 spiro atoms. The van der Waals surface area contributed by atoms with E-state index >= 15 is 0 Å². The van der Waals surface area contributed by atoms with E-state index in [2.05, 4.69) is 17.1 Å². The Morgan fingerprint density at radius 1 is 1.00 bits per heavy atom. The van der Waals surface area contributed by atoms with Crippen molar-refractivity contribution in [1.82, 2.24) is 9.88 Å². The van der Waals surface area contributed by atoms with Crippen LogP contribution < -0.4 is 0 Å². The van der Waals surface area contributed by atoms with Gasteiger partial charge in [0.25, 0.3) is 5.91 Å². The molecular weight excluding hydrogens is 288 g/mol. The molecule has 2 aromatic carbocycles. The summed E-state index contributed by atoms with van der Waals surface area (Å²) in [5.41, 5.74) is 3.78. The molecule has 114 valence electrons. The number of carbonyl (C=O) groups is 1. The first kappa shape index (κ1) is 13.8. The average molecular weight is 304 g/mol. The normalized spacial score (nSPS) is 13.7. The third-order valence-corrected chi connectivity index (χ3v) is 4.22. The molecule has 1 aliphatic heterocycles. The van der Waals surface area contributed by atoms with Crippen molar-refractivity contribution in [3.05, 3.63) is 77.8 Å². The quantitative estimate of drug-likeness (QED) is 0.727. The van der Waals surface area contributed by atoms with Crippen LogP contribution in [-0.4, -0.2) is 22.3 Å². The molecule has 23 heavy (non-hydrogen) atoms. The Bertz CT molecular complexity index is 839. The van der Waals surface area contributed by atoms with Crippen LogP contribution in [0.5, 0.6) is 0 Å². The minimum Gasteiger partial charge on any atom is -0.443 e. The van der Waals surface area contributed by atoms with Gasteiger partial charge in [-0.15, -0.1) is 0 Å².